The highest BCUT2D eigenvalue weighted by Crippen LogP contribution is 2.45. The topological polar surface area (TPSA) is 72.9 Å². The van der Waals surface area contributed by atoms with Crippen molar-refractivity contribution in [2.24, 2.45) is 5.92 Å². The molecule has 27 heavy (non-hydrogen) atoms. The number of amides is 1. The average molecular weight is 458 g/mol. The fourth-order valence-corrected chi connectivity index (χ4v) is 6.35. The Labute approximate surface area is 171 Å². The van der Waals surface area contributed by atoms with Gasteiger partial charge in [-0.05, 0) is 43.2 Å². The van der Waals surface area contributed by atoms with E-state index in [9.17, 15) is 13.2 Å². The van der Waals surface area contributed by atoms with Gasteiger partial charge in [0.25, 0.3) is 0 Å². The fraction of sp³-hybridized carbons (Fsp3) is 0.941. The molecule has 1 fully saturated rings. The Morgan fingerprint density at radius 3 is 1.74 bits per heavy atom. The molecule has 0 aromatic heterocycles. The molecule has 0 spiro atoms. The first-order valence-corrected chi connectivity index (χ1v) is 17.4. The van der Waals surface area contributed by atoms with Crippen LogP contribution >= 0.6 is 10.7 Å². The number of carbonyl (C=O) groups is 1. The Morgan fingerprint density at radius 1 is 1.00 bits per heavy atom. The van der Waals surface area contributed by atoms with Gasteiger partial charge in [0.15, 0.2) is 22.9 Å². The van der Waals surface area contributed by atoms with E-state index in [4.69, 9.17) is 19.5 Å². The summed E-state index contributed by atoms with van der Waals surface area (Å²) >= 11 is 0. The van der Waals surface area contributed by atoms with Crippen molar-refractivity contribution in [2.45, 2.75) is 97.1 Å². The molecular weight excluding hydrogens is 422 g/mol. The summed E-state index contributed by atoms with van der Waals surface area (Å²) in [5.41, 5.74) is 0. The highest BCUT2D eigenvalue weighted by atomic mass is 35.7. The third-order valence-corrected chi connectivity index (χ3v) is 16.6. The predicted octanol–water partition coefficient (Wildman–Crippen LogP) is 4.69. The van der Waals surface area contributed by atoms with Crippen LogP contribution in [0.1, 0.15) is 48.5 Å². The van der Waals surface area contributed by atoms with Crippen LogP contribution < -0.4 is 0 Å². The van der Waals surface area contributed by atoms with Crippen LogP contribution in [0.4, 0.5) is 0 Å². The molecule has 0 aliphatic carbocycles. The number of halogens is 1. The molecular formula is C17H36ClNO5SSi2. The summed E-state index contributed by atoms with van der Waals surface area (Å²) in [4.78, 5) is 12.7. The lowest BCUT2D eigenvalue weighted by molar-refractivity contribution is -0.171. The molecule has 1 rings (SSSR count). The van der Waals surface area contributed by atoms with E-state index < -0.39 is 50.0 Å². The van der Waals surface area contributed by atoms with Crippen LogP contribution in [0, 0.1) is 5.92 Å². The summed E-state index contributed by atoms with van der Waals surface area (Å²) in [6.45, 7) is 22.6. The molecule has 0 aromatic rings. The molecule has 1 heterocycles. The minimum Gasteiger partial charge on any atom is -0.413 e. The van der Waals surface area contributed by atoms with Crippen molar-refractivity contribution < 1.29 is 22.1 Å². The standard InChI is InChI=1S/C17H36ClNO5SSi2/c1-12(23-26(8,9)16(2,3)4)13-14(20)19(25(18,21)22)15(13)24-27(10,11)17(5,6)7/h12-13,15H,1-11H3. The second kappa shape index (κ2) is 7.39. The van der Waals surface area contributed by atoms with Crippen LogP contribution in [0.25, 0.3) is 0 Å². The van der Waals surface area contributed by atoms with Crippen molar-refractivity contribution in [1.82, 2.24) is 4.31 Å². The van der Waals surface area contributed by atoms with E-state index in [1.165, 1.54) is 0 Å². The predicted molar refractivity (Wildman–Crippen MR) is 115 cm³/mol. The van der Waals surface area contributed by atoms with Gasteiger partial charge in [-0.3, -0.25) is 4.79 Å². The van der Waals surface area contributed by atoms with E-state index in [0.717, 1.165) is 0 Å². The van der Waals surface area contributed by atoms with Gasteiger partial charge in [-0.2, -0.15) is 12.7 Å². The van der Waals surface area contributed by atoms with Gasteiger partial charge in [0.2, 0.25) is 5.91 Å². The summed E-state index contributed by atoms with van der Waals surface area (Å²) < 4.78 is 37.2. The molecule has 0 bridgehead atoms. The van der Waals surface area contributed by atoms with Gasteiger partial charge < -0.3 is 8.85 Å². The van der Waals surface area contributed by atoms with E-state index in [1.807, 2.05) is 20.0 Å². The number of rotatable bonds is 6. The van der Waals surface area contributed by atoms with Crippen molar-refractivity contribution in [3.63, 3.8) is 0 Å². The zero-order chi connectivity index (χ0) is 21.8. The SMILES string of the molecule is CC(O[Si](C)(C)C(C)(C)C)C1C(=O)N(S(=O)(=O)Cl)C1O[Si](C)(C)C(C)(C)C. The number of carbonyl (C=O) groups excluding carboxylic acids is 1. The third kappa shape index (κ3) is 5.16. The van der Waals surface area contributed by atoms with Gasteiger partial charge in [-0.1, -0.05) is 41.5 Å². The van der Waals surface area contributed by atoms with Crippen molar-refractivity contribution in [1.29, 1.82) is 0 Å². The lowest BCUT2D eigenvalue weighted by Gasteiger charge is -2.52. The quantitative estimate of drug-likeness (QED) is 0.328. The molecule has 1 saturated heterocycles. The molecule has 3 unspecified atom stereocenters. The van der Waals surface area contributed by atoms with Crippen LogP contribution in [0.15, 0.2) is 0 Å². The minimum absolute atomic E-state index is 0.0257. The first-order chi connectivity index (χ1) is 11.6. The molecule has 3 atom stereocenters. The zero-order valence-corrected chi connectivity index (χ0v) is 22.1. The van der Waals surface area contributed by atoms with Gasteiger partial charge in [0.05, 0.1) is 6.10 Å². The summed E-state index contributed by atoms with van der Waals surface area (Å²) in [5, 5.41) is -0.163. The minimum atomic E-state index is -4.21. The van der Waals surface area contributed by atoms with Crippen LogP contribution in [0.2, 0.25) is 36.3 Å². The number of nitrogens with zero attached hydrogens (tertiary/aromatic N) is 1. The van der Waals surface area contributed by atoms with E-state index in [0.29, 0.717) is 4.31 Å². The first-order valence-electron chi connectivity index (χ1n) is 9.27. The summed E-state index contributed by atoms with van der Waals surface area (Å²) in [6, 6.07) is 0. The number of hydrogen-bond donors (Lipinski definition) is 0. The molecule has 1 amide bonds. The van der Waals surface area contributed by atoms with Crippen molar-refractivity contribution in [3.8, 4) is 0 Å². The van der Waals surface area contributed by atoms with Crippen LogP contribution in [0.3, 0.4) is 0 Å². The van der Waals surface area contributed by atoms with E-state index in [-0.39, 0.29) is 10.1 Å². The largest absolute Gasteiger partial charge is 0.413 e. The summed E-state index contributed by atoms with van der Waals surface area (Å²) in [6.07, 6.45) is -1.37. The maximum atomic E-state index is 12.7. The van der Waals surface area contributed by atoms with Gasteiger partial charge >= 0.3 is 9.24 Å². The lowest BCUT2D eigenvalue weighted by atomic mass is 9.94. The molecule has 0 saturated carbocycles. The monoisotopic (exact) mass is 457 g/mol. The molecule has 0 aromatic carbocycles. The Hall–Kier alpha value is 0.0638. The van der Waals surface area contributed by atoms with E-state index in [1.54, 1.807) is 0 Å². The highest BCUT2D eigenvalue weighted by molar-refractivity contribution is 8.12. The molecule has 6 nitrogen and oxygen atoms in total. The normalized spacial score (nSPS) is 24.0. The smallest absolute Gasteiger partial charge is 0.326 e. The lowest BCUT2D eigenvalue weighted by Crippen LogP contribution is -2.69. The Balaban J connectivity index is 3.19. The zero-order valence-electron chi connectivity index (χ0n) is 18.5. The first kappa shape index (κ1) is 25.1. The van der Waals surface area contributed by atoms with Crippen LogP contribution in [0.5, 0.6) is 0 Å². The van der Waals surface area contributed by atoms with Gasteiger partial charge in [-0.15, -0.1) is 0 Å². The maximum absolute atomic E-state index is 12.7. The second-order valence-corrected chi connectivity index (χ2v) is 22.4. The molecule has 0 radical (unpaired) electrons. The molecule has 0 N–H and O–H groups in total. The second-order valence-electron chi connectivity index (χ2n) is 10.5. The number of hydrogen-bond acceptors (Lipinski definition) is 5. The summed E-state index contributed by atoms with van der Waals surface area (Å²) in [7, 11) is -3.15. The molecule has 1 aliphatic heterocycles. The van der Waals surface area contributed by atoms with E-state index in [2.05, 4.69) is 54.6 Å². The van der Waals surface area contributed by atoms with Crippen molar-refractivity contribution in [2.75, 3.05) is 0 Å². The van der Waals surface area contributed by atoms with Crippen molar-refractivity contribution in [3.05, 3.63) is 0 Å². The molecule has 10 heteroatoms. The third-order valence-electron chi connectivity index (χ3n) is 6.29. The van der Waals surface area contributed by atoms with Gasteiger partial charge in [0, 0.05) is 10.7 Å². The number of β-lactam (4-membered cyclic amide) rings is 1. The highest BCUT2D eigenvalue weighted by Gasteiger charge is 2.59. The fourth-order valence-electron chi connectivity index (χ4n) is 2.44. The molecule has 1 aliphatic rings. The maximum Gasteiger partial charge on any atom is 0.326 e. The van der Waals surface area contributed by atoms with Gasteiger partial charge in [-0.25, -0.2) is 0 Å². The molecule has 160 valence electrons. The summed E-state index contributed by atoms with van der Waals surface area (Å²) in [5.74, 6) is -1.23. The average Bonchev–Trinajstić information content (AvgIpc) is 2.31. The Morgan fingerprint density at radius 2 is 1.41 bits per heavy atom. The van der Waals surface area contributed by atoms with Crippen molar-refractivity contribution >= 4 is 42.5 Å². The Bertz CT molecular complexity index is 682. The van der Waals surface area contributed by atoms with E-state index >= 15 is 0 Å². The Kier molecular flexibility index (Phi) is 6.87. The van der Waals surface area contributed by atoms with Crippen LogP contribution in [-0.4, -0.2) is 47.6 Å². The van der Waals surface area contributed by atoms with Crippen LogP contribution in [-0.2, 0) is 22.9 Å². The van der Waals surface area contributed by atoms with Gasteiger partial charge in [0.1, 0.15) is 5.92 Å².